The van der Waals surface area contributed by atoms with Crippen molar-refractivity contribution >= 4 is 17.9 Å². The summed E-state index contributed by atoms with van der Waals surface area (Å²) in [4.78, 5) is 31.9. The van der Waals surface area contributed by atoms with E-state index in [2.05, 4.69) is 0 Å². The van der Waals surface area contributed by atoms with Gasteiger partial charge < -0.3 is 14.3 Å². The zero-order valence-corrected chi connectivity index (χ0v) is 23.3. The number of alkyl halides is 6. The molecule has 226 valence electrons. The summed E-state index contributed by atoms with van der Waals surface area (Å²) in [5.74, 6) is 0. The van der Waals surface area contributed by atoms with E-state index in [4.69, 9.17) is 14.3 Å². The predicted octanol–water partition coefficient (Wildman–Crippen LogP) is 7.85. The molecule has 0 saturated carbocycles. The van der Waals surface area contributed by atoms with Crippen LogP contribution in [0.2, 0.25) is 0 Å². The van der Waals surface area contributed by atoms with Crippen molar-refractivity contribution in [3.8, 4) is 0 Å². The SMILES string of the molecule is CCOC(=O)ON1c2cc(CC)c(CC)cc2[C@@H](N(Cc2cc(C(F)(F)F)cc(C(F)(F)F)c2)C(=O)OC)C[C@H]1C. The van der Waals surface area contributed by atoms with Gasteiger partial charge in [-0.05, 0) is 74.1 Å². The number of halogens is 6. The second-order valence-corrected chi connectivity index (χ2v) is 9.60. The number of hydrogen-bond donors (Lipinski definition) is 0. The zero-order chi connectivity index (χ0) is 30.7. The van der Waals surface area contributed by atoms with E-state index in [9.17, 15) is 35.9 Å². The first kappa shape index (κ1) is 31.9. The summed E-state index contributed by atoms with van der Waals surface area (Å²) in [5, 5.41) is 1.35. The minimum atomic E-state index is -5.05. The van der Waals surface area contributed by atoms with Crippen LogP contribution in [0.15, 0.2) is 30.3 Å². The lowest BCUT2D eigenvalue weighted by atomic mass is 9.87. The molecule has 0 radical (unpaired) electrons. The van der Waals surface area contributed by atoms with Gasteiger partial charge in [-0.25, -0.2) is 14.7 Å². The van der Waals surface area contributed by atoms with Gasteiger partial charge in [-0.1, -0.05) is 19.9 Å². The smallest absolute Gasteiger partial charge is 0.453 e. The number of aryl methyl sites for hydroxylation is 2. The molecule has 2 atom stereocenters. The average molecular weight is 591 g/mol. The number of hydrogen-bond acceptors (Lipinski definition) is 6. The quantitative estimate of drug-likeness (QED) is 0.242. The fourth-order valence-electron chi connectivity index (χ4n) is 4.98. The molecule has 1 heterocycles. The molecule has 41 heavy (non-hydrogen) atoms. The zero-order valence-electron chi connectivity index (χ0n) is 23.3. The first-order valence-corrected chi connectivity index (χ1v) is 13.1. The maximum Gasteiger partial charge on any atom is 0.533 e. The topological polar surface area (TPSA) is 68.3 Å². The molecule has 1 amide bonds. The molecule has 0 bridgehead atoms. The van der Waals surface area contributed by atoms with Gasteiger partial charge in [-0.2, -0.15) is 26.3 Å². The molecule has 7 nitrogen and oxygen atoms in total. The van der Waals surface area contributed by atoms with Gasteiger partial charge in [0, 0.05) is 12.1 Å². The summed E-state index contributed by atoms with van der Waals surface area (Å²) >= 11 is 0. The first-order chi connectivity index (χ1) is 19.1. The molecular weight excluding hydrogens is 558 g/mol. The van der Waals surface area contributed by atoms with Crippen LogP contribution < -0.4 is 5.06 Å². The van der Waals surface area contributed by atoms with E-state index in [1.165, 1.54) is 5.06 Å². The van der Waals surface area contributed by atoms with E-state index in [0.29, 0.717) is 36.2 Å². The molecule has 2 aromatic rings. The van der Waals surface area contributed by atoms with Crippen LogP contribution in [0.25, 0.3) is 0 Å². The van der Waals surface area contributed by atoms with Crippen LogP contribution in [0.5, 0.6) is 0 Å². The Labute approximate surface area is 233 Å². The number of benzene rings is 2. The Morgan fingerprint density at radius 2 is 1.49 bits per heavy atom. The third kappa shape index (κ3) is 7.17. The molecule has 13 heteroatoms. The van der Waals surface area contributed by atoms with Gasteiger partial charge in [0.15, 0.2) is 0 Å². The van der Waals surface area contributed by atoms with Crippen LogP contribution in [-0.4, -0.2) is 36.9 Å². The van der Waals surface area contributed by atoms with E-state index in [-0.39, 0.29) is 24.7 Å². The maximum atomic E-state index is 13.5. The average Bonchev–Trinajstić information content (AvgIpc) is 2.91. The number of carbonyl (C=O) groups excluding carboxylic acids is 2. The molecule has 1 aliphatic rings. The van der Waals surface area contributed by atoms with E-state index in [1.807, 2.05) is 19.9 Å². The normalized spacial score (nSPS) is 17.1. The Hall–Kier alpha value is -3.64. The van der Waals surface area contributed by atoms with Crippen molar-refractivity contribution in [1.82, 2.24) is 4.90 Å². The summed E-state index contributed by atoms with van der Waals surface area (Å²) < 4.78 is 91.0. The van der Waals surface area contributed by atoms with Crippen LogP contribution >= 0.6 is 0 Å². The van der Waals surface area contributed by atoms with Crippen LogP contribution in [0, 0.1) is 0 Å². The molecule has 0 spiro atoms. The van der Waals surface area contributed by atoms with Gasteiger partial charge in [-0.3, -0.25) is 4.90 Å². The highest BCUT2D eigenvalue weighted by molar-refractivity contribution is 5.71. The predicted molar refractivity (Wildman–Crippen MR) is 137 cm³/mol. The molecule has 0 N–H and O–H groups in total. The lowest BCUT2D eigenvalue weighted by Gasteiger charge is -2.42. The van der Waals surface area contributed by atoms with Gasteiger partial charge in [0.25, 0.3) is 0 Å². The van der Waals surface area contributed by atoms with Gasteiger partial charge in [0.2, 0.25) is 0 Å². The van der Waals surface area contributed by atoms with Crippen molar-refractivity contribution in [2.45, 2.75) is 77.9 Å². The Balaban J connectivity index is 2.17. The first-order valence-electron chi connectivity index (χ1n) is 13.1. The van der Waals surface area contributed by atoms with E-state index in [1.54, 1.807) is 19.9 Å². The van der Waals surface area contributed by atoms with E-state index in [0.717, 1.165) is 23.1 Å². The fraction of sp³-hybridized carbons (Fsp3) is 0.500. The molecule has 1 aliphatic heterocycles. The number of amides is 1. The summed E-state index contributed by atoms with van der Waals surface area (Å²) in [6.07, 6.45) is -10.6. The summed E-state index contributed by atoms with van der Waals surface area (Å²) in [5.41, 5.74) is -0.574. The van der Waals surface area contributed by atoms with Crippen molar-refractivity contribution in [3.05, 3.63) is 63.7 Å². The summed E-state index contributed by atoms with van der Waals surface area (Å²) in [6.45, 7) is 6.64. The maximum absolute atomic E-state index is 13.5. The summed E-state index contributed by atoms with van der Waals surface area (Å²) in [6, 6.07) is 3.43. The van der Waals surface area contributed by atoms with Gasteiger partial charge in [0.05, 0.1) is 42.6 Å². The Bertz CT molecular complexity index is 1230. The third-order valence-corrected chi connectivity index (χ3v) is 6.89. The highest BCUT2D eigenvalue weighted by Crippen LogP contribution is 2.44. The highest BCUT2D eigenvalue weighted by atomic mass is 19.4. The molecule has 0 saturated heterocycles. The minimum Gasteiger partial charge on any atom is -0.453 e. The fourth-order valence-corrected chi connectivity index (χ4v) is 4.98. The Morgan fingerprint density at radius 3 is 1.98 bits per heavy atom. The van der Waals surface area contributed by atoms with Crippen molar-refractivity contribution in [2.75, 3.05) is 18.8 Å². The molecule has 3 rings (SSSR count). The number of carbonyl (C=O) groups is 2. The highest BCUT2D eigenvalue weighted by Gasteiger charge is 2.41. The number of hydroxylamine groups is 1. The van der Waals surface area contributed by atoms with Crippen molar-refractivity contribution in [3.63, 3.8) is 0 Å². The monoisotopic (exact) mass is 590 g/mol. The molecule has 0 unspecified atom stereocenters. The lowest BCUT2D eigenvalue weighted by molar-refractivity contribution is -0.143. The molecule has 0 fully saturated rings. The van der Waals surface area contributed by atoms with Gasteiger partial charge in [-0.15, -0.1) is 0 Å². The van der Waals surface area contributed by atoms with Crippen LogP contribution in [-0.2, 0) is 46.1 Å². The summed E-state index contributed by atoms with van der Waals surface area (Å²) in [7, 11) is 1.07. The van der Waals surface area contributed by atoms with E-state index < -0.39 is 54.4 Å². The number of rotatable bonds is 7. The number of fused-ring (bicyclic) bond motifs is 1. The molecule has 0 aliphatic carbocycles. The molecular formula is C28H32F6N2O5. The van der Waals surface area contributed by atoms with Crippen LogP contribution in [0.1, 0.15) is 73.5 Å². The van der Waals surface area contributed by atoms with Crippen LogP contribution in [0.4, 0.5) is 41.6 Å². The van der Waals surface area contributed by atoms with Crippen molar-refractivity contribution < 1.29 is 50.2 Å². The van der Waals surface area contributed by atoms with Crippen LogP contribution in [0.3, 0.4) is 0 Å². The van der Waals surface area contributed by atoms with Gasteiger partial charge in [0.1, 0.15) is 0 Å². The standard InChI is InChI=1S/C28H32F6N2O5/c1-6-18-12-22-23(9-16(4)36(41-26(38)40-8-3)24(22)13-19(18)7-2)35(25(37)39-5)15-17-10-20(27(29,30)31)14-21(11-17)28(32,33)34/h10-14,16,23H,6-9,15H2,1-5H3/t16-,23+/m1/s1. The second kappa shape index (κ2) is 12.5. The Kier molecular flexibility index (Phi) is 9.70. The molecule has 0 aromatic heterocycles. The lowest BCUT2D eigenvalue weighted by Crippen LogP contribution is -2.46. The van der Waals surface area contributed by atoms with Crippen molar-refractivity contribution in [2.24, 2.45) is 0 Å². The Morgan fingerprint density at radius 1 is 0.927 bits per heavy atom. The minimum absolute atomic E-state index is 0.0361. The second-order valence-electron chi connectivity index (χ2n) is 9.60. The number of methoxy groups -OCH3 is 1. The third-order valence-electron chi connectivity index (χ3n) is 6.89. The molecule has 2 aromatic carbocycles. The van der Waals surface area contributed by atoms with Crippen molar-refractivity contribution in [1.29, 1.82) is 0 Å². The largest absolute Gasteiger partial charge is 0.533 e. The van der Waals surface area contributed by atoms with Gasteiger partial charge >= 0.3 is 24.6 Å². The number of anilines is 1. The van der Waals surface area contributed by atoms with E-state index >= 15 is 0 Å². The number of nitrogens with zero attached hydrogens (tertiary/aromatic N) is 2. The number of ether oxygens (including phenoxy) is 2.